The first kappa shape index (κ1) is 14.4. The van der Waals surface area contributed by atoms with Crippen LogP contribution in [-0.2, 0) is 17.6 Å². The van der Waals surface area contributed by atoms with Crippen LogP contribution in [0, 0.1) is 0 Å². The number of nitrogens with one attached hydrogen (secondary N) is 1. The Labute approximate surface area is 126 Å². The van der Waals surface area contributed by atoms with E-state index in [9.17, 15) is 4.79 Å². The lowest BCUT2D eigenvalue weighted by atomic mass is 10.1. The topological polar surface area (TPSA) is 29.1 Å². The Kier molecular flexibility index (Phi) is 5.25. The van der Waals surface area contributed by atoms with Crippen molar-refractivity contribution in [2.45, 2.75) is 12.8 Å². The van der Waals surface area contributed by atoms with E-state index in [1.165, 1.54) is 11.3 Å². The van der Waals surface area contributed by atoms with E-state index in [1.54, 1.807) is 0 Å². The number of benzene rings is 1. The number of amides is 1. The van der Waals surface area contributed by atoms with Crippen molar-refractivity contribution in [3.05, 3.63) is 56.2 Å². The minimum Gasteiger partial charge on any atom is -0.355 e. The molecule has 0 atom stereocenters. The third-order valence-corrected chi connectivity index (χ3v) is 4.22. The van der Waals surface area contributed by atoms with Gasteiger partial charge in [-0.25, -0.2) is 0 Å². The van der Waals surface area contributed by atoms with Crippen LogP contribution in [0.4, 0.5) is 0 Å². The van der Waals surface area contributed by atoms with Crippen LogP contribution in [0.25, 0.3) is 0 Å². The Morgan fingerprint density at radius 2 is 1.95 bits per heavy atom. The van der Waals surface area contributed by atoms with Crippen molar-refractivity contribution in [2.24, 2.45) is 0 Å². The molecule has 1 amide bonds. The molecule has 2 rings (SSSR count). The maximum Gasteiger partial charge on any atom is 0.224 e. The van der Waals surface area contributed by atoms with Gasteiger partial charge in [-0.15, -0.1) is 11.3 Å². The van der Waals surface area contributed by atoms with E-state index < -0.39 is 0 Å². The van der Waals surface area contributed by atoms with Gasteiger partial charge < -0.3 is 5.32 Å². The maximum atomic E-state index is 11.7. The third-order valence-electron chi connectivity index (χ3n) is 2.65. The molecule has 5 heteroatoms. The molecule has 0 bridgehead atoms. The zero-order chi connectivity index (χ0) is 13.7. The summed E-state index contributed by atoms with van der Waals surface area (Å²) in [5.74, 6) is 0.0173. The summed E-state index contributed by atoms with van der Waals surface area (Å²) < 4.78 is 1.37. The van der Waals surface area contributed by atoms with Crippen molar-refractivity contribution in [1.82, 2.24) is 5.32 Å². The molecule has 0 aliphatic rings. The average Bonchev–Trinajstić information content (AvgIpc) is 2.69. The fourth-order valence-corrected chi connectivity index (χ4v) is 3.27. The Bertz CT molecular complexity index is 554. The highest BCUT2D eigenvalue weighted by Crippen LogP contribution is 2.31. The molecule has 0 aliphatic heterocycles. The Morgan fingerprint density at radius 3 is 2.58 bits per heavy atom. The molecule has 0 aliphatic carbocycles. The predicted molar refractivity (Wildman–Crippen MR) is 81.2 cm³/mol. The first-order valence-corrected chi connectivity index (χ1v) is 7.47. The zero-order valence-electron chi connectivity index (χ0n) is 10.2. The molecule has 0 radical (unpaired) electrons. The van der Waals surface area contributed by atoms with Gasteiger partial charge in [0.25, 0.3) is 0 Å². The summed E-state index contributed by atoms with van der Waals surface area (Å²) in [7, 11) is 0. The summed E-state index contributed by atoms with van der Waals surface area (Å²) in [5.41, 5.74) is 1.99. The number of thiophene rings is 1. The van der Waals surface area contributed by atoms with Gasteiger partial charge in [-0.2, -0.15) is 0 Å². The molecule has 2 nitrogen and oxygen atoms in total. The Balaban J connectivity index is 1.77. The second kappa shape index (κ2) is 6.94. The van der Waals surface area contributed by atoms with Gasteiger partial charge in [0.2, 0.25) is 5.91 Å². The van der Waals surface area contributed by atoms with E-state index >= 15 is 0 Å². The van der Waals surface area contributed by atoms with Crippen LogP contribution >= 0.6 is 34.5 Å². The van der Waals surface area contributed by atoms with Crippen LogP contribution in [0.1, 0.15) is 11.1 Å². The van der Waals surface area contributed by atoms with Crippen LogP contribution in [0.15, 0.2) is 36.4 Å². The van der Waals surface area contributed by atoms with Crippen LogP contribution in [0.2, 0.25) is 8.67 Å². The standard InChI is InChI=1S/C14H13Cl2NOS/c15-12-9-11(14(16)19-12)6-7-17-13(18)8-10-4-2-1-3-5-10/h1-5,9H,6-8H2,(H,17,18). The normalized spacial score (nSPS) is 10.4. The monoisotopic (exact) mass is 313 g/mol. The Hall–Kier alpha value is -1.03. The molecular formula is C14H13Cl2NOS. The highest BCUT2D eigenvalue weighted by atomic mass is 35.5. The van der Waals surface area contributed by atoms with Crippen LogP contribution in [0.3, 0.4) is 0 Å². The van der Waals surface area contributed by atoms with E-state index in [0.717, 1.165) is 11.1 Å². The fourth-order valence-electron chi connectivity index (χ4n) is 1.73. The minimum absolute atomic E-state index is 0.0173. The first-order valence-electron chi connectivity index (χ1n) is 5.89. The smallest absolute Gasteiger partial charge is 0.224 e. The number of carbonyl (C=O) groups is 1. The van der Waals surface area contributed by atoms with Gasteiger partial charge in [-0.1, -0.05) is 53.5 Å². The highest BCUT2D eigenvalue weighted by Gasteiger charge is 2.07. The van der Waals surface area contributed by atoms with Crippen LogP contribution in [-0.4, -0.2) is 12.5 Å². The average molecular weight is 314 g/mol. The molecule has 0 fully saturated rings. The van der Waals surface area contributed by atoms with Gasteiger partial charge in [0, 0.05) is 6.54 Å². The minimum atomic E-state index is 0.0173. The molecular weight excluding hydrogens is 301 g/mol. The fraction of sp³-hybridized carbons (Fsp3) is 0.214. The van der Waals surface area contributed by atoms with Gasteiger partial charge in [0.15, 0.2) is 0 Å². The molecule has 1 aromatic heterocycles. The zero-order valence-corrected chi connectivity index (χ0v) is 12.5. The highest BCUT2D eigenvalue weighted by molar-refractivity contribution is 7.20. The second-order valence-electron chi connectivity index (χ2n) is 4.11. The van der Waals surface area contributed by atoms with Gasteiger partial charge in [0.05, 0.1) is 15.1 Å². The van der Waals surface area contributed by atoms with Gasteiger partial charge in [-0.05, 0) is 23.6 Å². The third kappa shape index (κ3) is 4.53. The largest absolute Gasteiger partial charge is 0.355 e. The summed E-state index contributed by atoms with van der Waals surface area (Å²) in [4.78, 5) is 11.7. The summed E-state index contributed by atoms with van der Waals surface area (Å²) in [6.07, 6.45) is 1.10. The predicted octanol–water partition coefficient (Wildman–Crippen LogP) is 3.96. The van der Waals surface area contributed by atoms with E-state index in [4.69, 9.17) is 23.2 Å². The van der Waals surface area contributed by atoms with Crippen LogP contribution in [0.5, 0.6) is 0 Å². The van der Waals surface area contributed by atoms with E-state index in [2.05, 4.69) is 5.32 Å². The van der Waals surface area contributed by atoms with Crippen molar-refractivity contribution < 1.29 is 4.79 Å². The summed E-state index contributed by atoms with van der Waals surface area (Å²) in [5, 5.41) is 2.88. The van der Waals surface area contributed by atoms with Crippen molar-refractivity contribution in [3.63, 3.8) is 0 Å². The first-order chi connectivity index (χ1) is 9.15. The molecule has 1 N–H and O–H groups in total. The SMILES string of the molecule is O=C(Cc1ccccc1)NCCc1cc(Cl)sc1Cl. The molecule has 19 heavy (non-hydrogen) atoms. The molecule has 1 aromatic carbocycles. The Morgan fingerprint density at radius 1 is 1.21 bits per heavy atom. The van der Waals surface area contributed by atoms with Crippen molar-refractivity contribution in [3.8, 4) is 0 Å². The van der Waals surface area contributed by atoms with E-state index in [-0.39, 0.29) is 5.91 Å². The quantitative estimate of drug-likeness (QED) is 0.889. The second-order valence-corrected chi connectivity index (χ2v) is 6.40. The lowest BCUT2D eigenvalue weighted by Crippen LogP contribution is -2.27. The number of halogens is 2. The summed E-state index contributed by atoms with van der Waals surface area (Å²) in [6.45, 7) is 0.568. The summed E-state index contributed by atoms with van der Waals surface area (Å²) >= 11 is 13.2. The molecule has 100 valence electrons. The molecule has 0 saturated carbocycles. The van der Waals surface area contributed by atoms with Gasteiger partial charge in [0.1, 0.15) is 0 Å². The molecule has 2 aromatic rings. The van der Waals surface area contributed by atoms with Gasteiger partial charge >= 0.3 is 0 Å². The van der Waals surface area contributed by atoms with Crippen LogP contribution < -0.4 is 5.32 Å². The molecule has 1 heterocycles. The molecule has 0 spiro atoms. The number of hydrogen-bond donors (Lipinski definition) is 1. The van der Waals surface area contributed by atoms with Crippen molar-refractivity contribution in [1.29, 1.82) is 0 Å². The summed E-state index contributed by atoms with van der Waals surface area (Å²) in [6, 6.07) is 11.5. The molecule has 0 saturated heterocycles. The maximum absolute atomic E-state index is 11.7. The lowest BCUT2D eigenvalue weighted by Gasteiger charge is -2.04. The van der Waals surface area contributed by atoms with Gasteiger partial charge in [-0.3, -0.25) is 4.79 Å². The number of rotatable bonds is 5. The number of hydrogen-bond acceptors (Lipinski definition) is 2. The number of carbonyl (C=O) groups excluding carboxylic acids is 1. The lowest BCUT2D eigenvalue weighted by molar-refractivity contribution is -0.120. The molecule has 0 unspecified atom stereocenters. The van der Waals surface area contributed by atoms with E-state index in [0.29, 0.717) is 28.1 Å². The van der Waals surface area contributed by atoms with Crippen molar-refractivity contribution in [2.75, 3.05) is 6.54 Å². The van der Waals surface area contributed by atoms with Crippen molar-refractivity contribution >= 4 is 40.4 Å². The van der Waals surface area contributed by atoms with E-state index in [1.807, 2.05) is 36.4 Å².